The van der Waals surface area contributed by atoms with Crippen molar-refractivity contribution in [1.29, 1.82) is 0 Å². The zero-order valence-electron chi connectivity index (χ0n) is 9.31. The Balaban J connectivity index is 2.40. The van der Waals surface area contributed by atoms with Crippen molar-refractivity contribution in [2.45, 2.75) is 4.90 Å². The molecule has 0 fully saturated rings. The Morgan fingerprint density at radius 3 is 2.35 bits per heavy atom. The van der Waals surface area contributed by atoms with E-state index in [9.17, 15) is 4.79 Å². The highest BCUT2D eigenvalue weighted by molar-refractivity contribution is 14.1. The van der Waals surface area contributed by atoms with Crippen LogP contribution in [-0.2, 0) is 0 Å². The molecule has 0 amide bonds. The minimum Gasteiger partial charge on any atom is -0.289 e. The number of rotatable bonds is 3. The maximum Gasteiger partial charge on any atom is 0.194 e. The molecule has 1 nitrogen and oxygen atoms in total. The highest BCUT2D eigenvalue weighted by Crippen LogP contribution is 2.22. The van der Waals surface area contributed by atoms with Gasteiger partial charge in [-0.2, -0.15) is 0 Å². The first-order chi connectivity index (χ1) is 8.22. The van der Waals surface area contributed by atoms with Gasteiger partial charge in [-0.25, -0.2) is 0 Å². The zero-order chi connectivity index (χ0) is 12.3. The fraction of sp³-hybridized carbons (Fsp3) is 0.0714. The summed E-state index contributed by atoms with van der Waals surface area (Å²) in [6, 6.07) is 15.4. The number of thioether (sulfide) groups is 1. The first-order valence-electron chi connectivity index (χ1n) is 5.15. The minimum atomic E-state index is 0.0892. The number of hydrogen-bond donors (Lipinski definition) is 0. The Kier molecular flexibility index (Phi) is 4.23. The lowest BCUT2D eigenvalue weighted by molar-refractivity contribution is 0.103. The summed E-state index contributed by atoms with van der Waals surface area (Å²) < 4.78 is 1.14. The van der Waals surface area contributed by atoms with Gasteiger partial charge in [0.05, 0.1) is 0 Å². The van der Waals surface area contributed by atoms with Gasteiger partial charge in [-0.05, 0) is 65.2 Å². The van der Waals surface area contributed by atoms with Crippen LogP contribution in [0, 0.1) is 3.57 Å². The maximum atomic E-state index is 12.3. The summed E-state index contributed by atoms with van der Waals surface area (Å²) in [7, 11) is 0. The third kappa shape index (κ3) is 2.90. The Bertz CT molecular complexity index is 534. The molecule has 0 heterocycles. The predicted molar refractivity (Wildman–Crippen MR) is 80.8 cm³/mol. The second-order valence-corrected chi connectivity index (χ2v) is 5.63. The van der Waals surface area contributed by atoms with Gasteiger partial charge in [0, 0.05) is 19.6 Å². The summed E-state index contributed by atoms with van der Waals surface area (Å²) >= 11 is 3.83. The first kappa shape index (κ1) is 12.6. The molecular weight excluding hydrogens is 343 g/mol. The van der Waals surface area contributed by atoms with Crippen molar-refractivity contribution in [3.63, 3.8) is 0 Å². The summed E-state index contributed by atoms with van der Waals surface area (Å²) in [4.78, 5) is 13.3. The molecule has 0 aliphatic rings. The molecule has 0 unspecified atom stereocenters. The third-order valence-corrected chi connectivity index (χ3v) is 3.97. The van der Waals surface area contributed by atoms with Gasteiger partial charge in [-0.15, -0.1) is 11.8 Å². The molecule has 2 rings (SSSR count). The summed E-state index contributed by atoms with van der Waals surface area (Å²) in [5.41, 5.74) is 1.52. The summed E-state index contributed by atoms with van der Waals surface area (Å²) in [5, 5.41) is 0. The van der Waals surface area contributed by atoms with E-state index in [4.69, 9.17) is 0 Å². The van der Waals surface area contributed by atoms with Crippen molar-refractivity contribution < 1.29 is 4.79 Å². The van der Waals surface area contributed by atoms with Gasteiger partial charge in [0.15, 0.2) is 5.78 Å². The fourth-order valence-corrected chi connectivity index (χ4v) is 2.54. The smallest absolute Gasteiger partial charge is 0.194 e. The molecule has 2 aromatic carbocycles. The van der Waals surface area contributed by atoms with Gasteiger partial charge in [-0.1, -0.05) is 12.1 Å². The molecule has 0 spiro atoms. The average Bonchev–Trinajstić information content (AvgIpc) is 2.39. The van der Waals surface area contributed by atoms with E-state index < -0.39 is 0 Å². The van der Waals surface area contributed by atoms with Crippen LogP contribution in [0.5, 0.6) is 0 Å². The maximum absolute atomic E-state index is 12.3. The number of carbonyl (C=O) groups excluding carboxylic acids is 1. The van der Waals surface area contributed by atoms with Crippen LogP contribution in [0.2, 0.25) is 0 Å². The minimum absolute atomic E-state index is 0.0892. The number of halogens is 1. The topological polar surface area (TPSA) is 17.1 Å². The standard InChI is InChI=1S/C14H11IOS/c1-17-13-5-3-2-4-12(13)14(16)10-6-8-11(15)9-7-10/h2-9H,1H3. The van der Waals surface area contributed by atoms with Gasteiger partial charge in [0.1, 0.15) is 0 Å². The van der Waals surface area contributed by atoms with Crippen LogP contribution in [0.15, 0.2) is 53.4 Å². The zero-order valence-corrected chi connectivity index (χ0v) is 12.3. The van der Waals surface area contributed by atoms with E-state index >= 15 is 0 Å². The van der Waals surface area contributed by atoms with Gasteiger partial charge < -0.3 is 0 Å². The Labute approximate surface area is 119 Å². The van der Waals surface area contributed by atoms with Gasteiger partial charge in [0.25, 0.3) is 0 Å². The van der Waals surface area contributed by atoms with Crippen LogP contribution in [0.1, 0.15) is 15.9 Å². The van der Waals surface area contributed by atoms with E-state index in [0.717, 1.165) is 19.6 Å². The predicted octanol–water partition coefficient (Wildman–Crippen LogP) is 4.24. The Hall–Kier alpha value is -0.810. The normalized spacial score (nSPS) is 10.2. The molecule has 0 saturated heterocycles. The molecule has 0 saturated carbocycles. The van der Waals surface area contributed by atoms with Gasteiger partial charge in [0.2, 0.25) is 0 Å². The first-order valence-corrected chi connectivity index (χ1v) is 7.46. The molecule has 0 atom stereocenters. The largest absolute Gasteiger partial charge is 0.289 e. The van der Waals surface area contributed by atoms with E-state index in [1.54, 1.807) is 11.8 Å². The molecule has 0 aliphatic heterocycles. The molecule has 86 valence electrons. The van der Waals surface area contributed by atoms with Gasteiger partial charge >= 0.3 is 0 Å². The SMILES string of the molecule is CSc1ccccc1C(=O)c1ccc(I)cc1. The van der Waals surface area contributed by atoms with Crippen molar-refractivity contribution in [3.05, 3.63) is 63.2 Å². The molecule has 17 heavy (non-hydrogen) atoms. The van der Waals surface area contributed by atoms with Crippen molar-refractivity contribution in [2.75, 3.05) is 6.26 Å². The molecule has 0 N–H and O–H groups in total. The lowest BCUT2D eigenvalue weighted by Gasteiger charge is -2.06. The van der Waals surface area contributed by atoms with E-state index in [2.05, 4.69) is 22.6 Å². The lowest BCUT2D eigenvalue weighted by Crippen LogP contribution is -2.02. The van der Waals surface area contributed by atoms with Crippen molar-refractivity contribution in [1.82, 2.24) is 0 Å². The summed E-state index contributed by atoms with van der Waals surface area (Å²) in [5.74, 6) is 0.0892. The molecular formula is C14H11IOS. The quantitative estimate of drug-likeness (QED) is 0.466. The molecule has 0 bridgehead atoms. The van der Waals surface area contributed by atoms with E-state index in [0.29, 0.717) is 0 Å². The number of benzene rings is 2. The molecule has 0 aliphatic carbocycles. The van der Waals surface area contributed by atoms with Gasteiger partial charge in [-0.3, -0.25) is 4.79 Å². The van der Waals surface area contributed by atoms with Crippen LogP contribution in [0.4, 0.5) is 0 Å². The third-order valence-electron chi connectivity index (χ3n) is 2.46. The molecule has 0 aromatic heterocycles. The van der Waals surface area contributed by atoms with Crippen molar-refractivity contribution in [2.24, 2.45) is 0 Å². The van der Waals surface area contributed by atoms with E-state index in [1.807, 2.05) is 54.8 Å². The van der Waals surface area contributed by atoms with Crippen molar-refractivity contribution >= 4 is 40.1 Å². The van der Waals surface area contributed by atoms with Crippen LogP contribution < -0.4 is 0 Å². The molecule has 2 aromatic rings. The number of carbonyl (C=O) groups is 1. The Morgan fingerprint density at radius 2 is 1.71 bits per heavy atom. The van der Waals surface area contributed by atoms with E-state index in [1.165, 1.54) is 0 Å². The number of hydrogen-bond acceptors (Lipinski definition) is 2. The number of ketones is 1. The fourth-order valence-electron chi connectivity index (χ4n) is 1.59. The van der Waals surface area contributed by atoms with Crippen LogP contribution in [-0.4, -0.2) is 12.0 Å². The lowest BCUT2D eigenvalue weighted by atomic mass is 10.0. The van der Waals surface area contributed by atoms with Crippen LogP contribution >= 0.6 is 34.4 Å². The monoisotopic (exact) mass is 354 g/mol. The van der Waals surface area contributed by atoms with E-state index in [-0.39, 0.29) is 5.78 Å². The summed E-state index contributed by atoms with van der Waals surface area (Å²) in [6.07, 6.45) is 1.99. The van der Waals surface area contributed by atoms with Crippen LogP contribution in [0.3, 0.4) is 0 Å². The second-order valence-electron chi connectivity index (χ2n) is 3.54. The van der Waals surface area contributed by atoms with Crippen molar-refractivity contribution in [3.8, 4) is 0 Å². The highest BCUT2D eigenvalue weighted by Gasteiger charge is 2.12. The molecule has 0 radical (unpaired) electrons. The Morgan fingerprint density at radius 1 is 1.06 bits per heavy atom. The summed E-state index contributed by atoms with van der Waals surface area (Å²) in [6.45, 7) is 0. The highest BCUT2D eigenvalue weighted by atomic mass is 127. The second kappa shape index (κ2) is 5.69. The molecule has 3 heteroatoms. The van der Waals surface area contributed by atoms with Crippen LogP contribution in [0.25, 0.3) is 0 Å². The average molecular weight is 354 g/mol.